The van der Waals surface area contributed by atoms with Crippen molar-refractivity contribution >= 4 is 29.5 Å². The number of likely N-dealkylation sites (tertiary alicyclic amines) is 1. The van der Waals surface area contributed by atoms with E-state index in [1.54, 1.807) is 11.8 Å². The molecular weight excluding hydrogens is 352 g/mol. The van der Waals surface area contributed by atoms with Crippen molar-refractivity contribution < 1.29 is 19.1 Å². The average Bonchev–Trinajstić information content (AvgIpc) is 3.10. The molecule has 0 unspecified atom stereocenters. The molecule has 2 aliphatic rings. The van der Waals surface area contributed by atoms with Crippen molar-refractivity contribution in [1.29, 1.82) is 0 Å². The summed E-state index contributed by atoms with van der Waals surface area (Å²) in [6.45, 7) is 1.99. The van der Waals surface area contributed by atoms with Gasteiger partial charge in [0.1, 0.15) is 5.54 Å². The first-order valence-electron chi connectivity index (χ1n) is 8.60. The maximum atomic E-state index is 12.9. The summed E-state index contributed by atoms with van der Waals surface area (Å²) in [6, 6.07) is 7.43. The summed E-state index contributed by atoms with van der Waals surface area (Å²) >= 11 is 1.59. The largest absolute Gasteiger partial charge is 0.468 e. The molecule has 2 amide bonds. The van der Waals surface area contributed by atoms with Crippen LogP contribution < -0.4 is 5.32 Å². The molecule has 0 spiro atoms. The van der Waals surface area contributed by atoms with E-state index >= 15 is 0 Å². The minimum Gasteiger partial charge on any atom is -0.468 e. The zero-order chi connectivity index (χ0) is 19.1. The van der Waals surface area contributed by atoms with E-state index in [0.717, 1.165) is 16.0 Å². The predicted molar refractivity (Wildman–Crippen MR) is 99.6 cm³/mol. The number of thioether (sulfide) groups is 1. The number of hydrogen-bond donors (Lipinski definition) is 1. The van der Waals surface area contributed by atoms with Gasteiger partial charge in [0.2, 0.25) is 11.8 Å². The maximum absolute atomic E-state index is 12.9. The summed E-state index contributed by atoms with van der Waals surface area (Å²) in [5.41, 5.74) is 0.822. The Kier molecular flexibility index (Phi) is 5.12. The summed E-state index contributed by atoms with van der Waals surface area (Å²) in [5.74, 6) is -1.70. The van der Waals surface area contributed by atoms with Crippen molar-refractivity contribution in [1.82, 2.24) is 10.2 Å². The van der Waals surface area contributed by atoms with Crippen LogP contribution in [0.2, 0.25) is 0 Å². The average molecular weight is 376 g/mol. The lowest BCUT2D eigenvalue weighted by atomic mass is 9.78. The fraction of sp³-hybridized carbons (Fsp3) is 0.526. The number of amides is 2. The topological polar surface area (TPSA) is 75.7 Å². The molecular formula is C19H24N2O4S. The van der Waals surface area contributed by atoms with Gasteiger partial charge < -0.3 is 4.74 Å². The third-order valence-electron chi connectivity index (χ3n) is 5.56. The molecule has 0 bridgehead atoms. The molecule has 3 rings (SSSR count). The van der Waals surface area contributed by atoms with Gasteiger partial charge in [-0.25, -0.2) is 0 Å². The van der Waals surface area contributed by atoms with Crippen LogP contribution in [0.25, 0.3) is 0 Å². The highest BCUT2D eigenvalue weighted by molar-refractivity contribution is 7.98. The van der Waals surface area contributed by atoms with Crippen LogP contribution in [0.5, 0.6) is 0 Å². The summed E-state index contributed by atoms with van der Waals surface area (Å²) < 4.78 is 5.07. The molecule has 1 N–H and O–H groups in total. The highest BCUT2D eigenvalue weighted by Gasteiger charge is 2.67. The summed E-state index contributed by atoms with van der Waals surface area (Å²) in [6.07, 6.45) is 2.37. The van der Waals surface area contributed by atoms with Gasteiger partial charge in [0.05, 0.1) is 18.9 Å². The zero-order valence-electron chi connectivity index (χ0n) is 15.4. The second-order valence-electron chi connectivity index (χ2n) is 6.98. The van der Waals surface area contributed by atoms with Crippen LogP contribution in [0, 0.1) is 18.8 Å². The van der Waals surface area contributed by atoms with Gasteiger partial charge in [-0.05, 0) is 30.9 Å². The fourth-order valence-corrected chi connectivity index (χ4v) is 4.70. The number of benzene rings is 1. The minimum absolute atomic E-state index is 0.243. The maximum Gasteiger partial charge on any atom is 0.326 e. The Hall–Kier alpha value is -1.86. The number of carbonyl (C=O) groups excluding carboxylic acids is 3. The van der Waals surface area contributed by atoms with Crippen LogP contribution in [0.1, 0.15) is 23.6 Å². The first-order chi connectivity index (χ1) is 12.4. The number of fused-ring (bicyclic) bond motifs is 1. The Morgan fingerprint density at radius 3 is 2.50 bits per heavy atom. The summed E-state index contributed by atoms with van der Waals surface area (Å²) in [5, 5.41) is 3.35. The van der Waals surface area contributed by atoms with E-state index in [-0.39, 0.29) is 11.8 Å². The van der Waals surface area contributed by atoms with Crippen molar-refractivity contribution in [3.05, 3.63) is 35.4 Å². The van der Waals surface area contributed by atoms with E-state index in [9.17, 15) is 14.4 Å². The number of imide groups is 1. The quantitative estimate of drug-likeness (QED) is 0.621. The molecule has 140 valence electrons. The molecule has 7 heteroatoms. The van der Waals surface area contributed by atoms with Gasteiger partial charge in [0.15, 0.2) is 0 Å². The Morgan fingerprint density at radius 2 is 1.92 bits per heavy atom. The molecule has 2 heterocycles. The van der Waals surface area contributed by atoms with E-state index in [1.165, 1.54) is 14.2 Å². The number of hydrogen-bond acceptors (Lipinski definition) is 6. The number of esters is 1. The second-order valence-corrected chi connectivity index (χ2v) is 7.96. The standard InChI is InChI=1S/C19H24N2O4S/c1-11-5-7-12(8-6-11)15-13-14(17(23)21(2)16(13)22)19(20-15,9-10-26-4)18(24)25-3/h5-8,13-15,20H,9-10H2,1-4H3/t13-,14-,15-,19-/m0/s1. The van der Waals surface area contributed by atoms with Crippen LogP contribution in [0.15, 0.2) is 24.3 Å². The first-order valence-corrected chi connectivity index (χ1v) is 9.99. The van der Waals surface area contributed by atoms with Crippen LogP contribution in [0.3, 0.4) is 0 Å². The highest BCUT2D eigenvalue weighted by Crippen LogP contribution is 2.50. The Bertz CT molecular complexity index is 736. The molecule has 26 heavy (non-hydrogen) atoms. The van der Waals surface area contributed by atoms with E-state index < -0.39 is 29.4 Å². The summed E-state index contributed by atoms with van der Waals surface area (Å²) in [4.78, 5) is 39.7. The third kappa shape index (κ3) is 2.74. The predicted octanol–water partition coefficient (Wildman–Crippen LogP) is 1.54. The van der Waals surface area contributed by atoms with Crippen molar-refractivity contribution in [2.45, 2.75) is 24.9 Å². The van der Waals surface area contributed by atoms with Crippen molar-refractivity contribution in [2.24, 2.45) is 11.8 Å². The van der Waals surface area contributed by atoms with E-state index in [0.29, 0.717) is 12.2 Å². The van der Waals surface area contributed by atoms with E-state index in [1.807, 2.05) is 37.4 Å². The van der Waals surface area contributed by atoms with Crippen LogP contribution >= 0.6 is 11.8 Å². The molecule has 1 aromatic carbocycles. The molecule has 4 atom stereocenters. The SMILES string of the molecule is COC(=O)[C@@]1(CCSC)N[C@@H](c2ccc(C)cc2)[C@H]2C(=O)N(C)C(=O)[C@H]21. The Labute approximate surface area is 157 Å². The van der Waals surface area contributed by atoms with E-state index in [2.05, 4.69) is 5.32 Å². The van der Waals surface area contributed by atoms with E-state index in [4.69, 9.17) is 4.74 Å². The first kappa shape index (κ1) is 18.9. The lowest BCUT2D eigenvalue weighted by Gasteiger charge is -2.32. The van der Waals surface area contributed by atoms with Gasteiger partial charge in [-0.3, -0.25) is 24.6 Å². The molecule has 0 aromatic heterocycles. The van der Waals surface area contributed by atoms with Gasteiger partial charge >= 0.3 is 5.97 Å². The van der Waals surface area contributed by atoms with Crippen LogP contribution in [-0.4, -0.2) is 54.4 Å². The number of nitrogens with zero attached hydrogens (tertiary/aromatic N) is 1. The lowest BCUT2D eigenvalue weighted by Crippen LogP contribution is -2.56. The number of ether oxygens (including phenoxy) is 1. The molecule has 2 aliphatic heterocycles. The number of nitrogens with one attached hydrogen (secondary N) is 1. The Morgan fingerprint density at radius 1 is 1.27 bits per heavy atom. The molecule has 0 saturated carbocycles. The van der Waals surface area contributed by atoms with Gasteiger partial charge in [-0.2, -0.15) is 11.8 Å². The normalized spacial score (nSPS) is 30.6. The van der Waals surface area contributed by atoms with Crippen molar-refractivity contribution in [2.75, 3.05) is 26.2 Å². The Balaban J connectivity index is 2.11. The minimum atomic E-state index is -1.19. The number of aryl methyl sites for hydroxylation is 1. The lowest BCUT2D eigenvalue weighted by molar-refractivity contribution is -0.154. The summed E-state index contributed by atoms with van der Waals surface area (Å²) in [7, 11) is 2.82. The van der Waals surface area contributed by atoms with Gasteiger partial charge in [-0.15, -0.1) is 0 Å². The van der Waals surface area contributed by atoms with Gasteiger partial charge in [-0.1, -0.05) is 29.8 Å². The molecule has 0 radical (unpaired) electrons. The molecule has 1 aromatic rings. The second kappa shape index (κ2) is 7.04. The smallest absolute Gasteiger partial charge is 0.326 e. The molecule has 0 aliphatic carbocycles. The monoisotopic (exact) mass is 376 g/mol. The van der Waals surface area contributed by atoms with Crippen LogP contribution in [0.4, 0.5) is 0 Å². The number of methoxy groups -OCH3 is 1. The molecule has 2 saturated heterocycles. The molecule has 6 nitrogen and oxygen atoms in total. The fourth-order valence-electron chi connectivity index (χ4n) is 4.17. The van der Waals surface area contributed by atoms with Crippen molar-refractivity contribution in [3.63, 3.8) is 0 Å². The number of carbonyl (C=O) groups is 3. The van der Waals surface area contributed by atoms with Gasteiger partial charge in [0, 0.05) is 13.1 Å². The van der Waals surface area contributed by atoms with Gasteiger partial charge in [0.25, 0.3) is 0 Å². The third-order valence-corrected chi connectivity index (χ3v) is 6.17. The molecule has 2 fully saturated rings. The van der Waals surface area contributed by atoms with Crippen LogP contribution in [-0.2, 0) is 19.1 Å². The van der Waals surface area contributed by atoms with Crippen molar-refractivity contribution in [3.8, 4) is 0 Å². The highest BCUT2D eigenvalue weighted by atomic mass is 32.2. The zero-order valence-corrected chi connectivity index (χ0v) is 16.3. The number of rotatable bonds is 5.